The van der Waals surface area contributed by atoms with Crippen LogP contribution in [0.4, 0.5) is 5.69 Å². The Morgan fingerprint density at radius 2 is 1.78 bits per heavy atom. The molecule has 4 nitrogen and oxygen atoms in total. The quantitative estimate of drug-likeness (QED) is 0.912. The number of hydrogen-bond acceptors (Lipinski definition) is 4. The highest BCUT2D eigenvalue weighted by Gasteiger charge is 2.30. The van der Waals surface area contributed by atoms with Crippen LogP contribution in [0.15, 0.2) is 59.5 Å². The fourth-order valence-corrected chi connectivity index (χ4v) is 3.98. The fraction of sp³-hybridized carbons (Fsp3) is 0.333. The standard InChI is InChI=1S/C18H21NO3S/c1-2-23(20,21)17-11-7-6-10-15(17)19-16-12-13-22-18(16)14-8-4-3-5-9-14/h3-11,16,18-19H,2,12-13H2,1H3/t16-,18-/m0/s1. The van der Waals surface area contributed by atoms with Crippen molar-refractivity contribution in [3.8, 4) is 0 Å². The first-order chi connectivity index (χ1) is 11.1. The van der Waals surface area contributed by atoms with Crippen molar-refractivity contribution < 1.29 is 13.2 Å². The molecule has 0 spiro atoms. The Bertz CT molecular complexity index is 759. The van der Waals surface area contributed by atoms with Crippen LogP contribution in [0.5, 0.6) is 0 Å². The second kappa shape index (κ2) is 6.72. The monoisotopic (exact) mass is 331 g/mol. The predicted octanol–water partition coefficient (Wildman–Crippen LogP) is 3.42. The summed E-state index contributed by atoms with van der Waals surface area (Å²) in [6.07, 6.45) is 0.786. The maximum absolute atomic E-state index is 12.3. The molecule has 5 heteroatoms. The van der Waals surface area contributed by atoms with Gasteiger partial charge in [-0.25, -0.2) is 8.42 Å². The minimum Gasteiger partial charge on any atom is -0.378 e. The van der Waals surface area contributed by atoms with Crippen molar-refractivity contribution in [1.29, 1.82) is 0 Å². The van der Waals surface area contributed by atoms with Crippen LogP contribution in [0, 0.1) is 0 Å². The topological polar surface area (TPSA) is 55.4 Å². The summed E-state index contributed by atoms with van der Waals surface area (Å²) in [5.41, 5.74) is 1.77. The molecule has 2 aromatic carbocycles. The normalized spacial score (nSPS) is 21.3. The summed E-state index contributed by atoms with van der Waals surface area (Å²) in [4.78, 5) is 0.362. The highest BCUT2D eigenvalue weighted by atomic mass is 32.2. The summed E-state index contributed by atoms with van der Waals surface area (Å²) in [7, 11) is -3.26. The van der Waals surface area contributed by atoms with Gasteiger partial charge in [0.2, 0.25) is 0 Å². The van der Waals surface area contributed by atoms with Gasteiger partial charge in [-0.3, -0.25) is 0 Å². The summed E-state index contributed by atoms with van der Waals surface area (Å²) in [6, 6.07) is 17.2. The highest BCUT2D eigenvalue weighted by molar-refractivity contribution is 7.91. The van der Waals surface area contributed by atoms with Crippen molar-refractivity contribution in [2.24, 2.45) is 0 Å². The third-order valence-electron chi connectivity index (χ3n) is 4.16. The number of hydrogen-bond donors (Lipinski definition) is 1. The molecule has 1 heterocycles. The van der Waals surface area contributed by atoms with E-state index in [0.717, 1.165) is 12.0 Å². The van der Waals surface area contributed by atoms with E-state index in [4.69, 9.17) is 4.74 Å². The zero-order valence-corrected chi connectivity index (χ0v) is 13.9. The van der Waals surface area contributed by atoms with E-state index in [-0.39, 0.29) is 17.9 Å². The van der Waals surface area contributed by atoms with Gasteiger partial charge in [0.05, 0.1) is 22.4 Å². The number of benzene rings is 2. The number of ether oxygens (including phenoxy) is 1. The van der Waals surface area contributed by atoms with Crippen LogP contribution in [0.2, 0.25) is 0 Å². The van der Waals surface area contributed by atoms with Gasteiger partial charge in [0.15, 0.2) is 9.84 Å². The SMILES string of the molecule is CCS(=O)(=O)c1ccccc1N[C@H]1CCO[C@H]1c1ccccc1. The molecule has 1 fully saturated rings. The molecule has 1 saturated heterocycles. The van der Waals surface area contributed by atoms with Crippen molar-refractivity contribution in [1.82, 2.24) is 0 Å². The summed E-state index contributed by atoms with van der Waals surface area (Å²) in [5.74, 6) is 0.0922. The van der Waals surface area contributed by atoms with E-state index < -0.39 is 9.84 Å². The third-order valence-corrected chi connectivity index (χ3v) is 5.95. The van der Waals surface area contributed by atoms with Crippen LogP contribution in [0.3, 0.4) is 0 Å². The van der Waals surface area contributed by atoms with E-state index in [9.17, 15) is 8.42 Å². The van der Waals surface area contributed by atoms with E-state index >= 15 is 0 Å². The third kappa shape index (κ3) is 3.41. The molecule has 1 aliphatic rings. The second-order valence-corrected chi connectivity index (χ2v) is 7.89. The molecule has 0 radical (unpaired) electrons. The zero-order chi connectivity index (χ0) is 16.3. The van der Waals surface area contributed by atoms with E-state index in [1.807, 2.05) is 42.5 Å². The molecule has 1 aliphatic heterocycles. The van der Waals surface area contributed by atoms with E-state index in [1.54, 1.807) is 19.1 Å². The lowest BCUT2D eigenvalue weighted by Crippen LogP contribution is -2.24. The van der Waals surface area contributed by atoms with Crippen LogP contribution < -0.4 is 5.32 Å². The zero-order valence-electron chi connectivity index (χ0n) is 13.1. The lowest BCUT2D eigenvalue weighted by atomic mass is 10.0. The van der Waals surface area contributed by atoms with Crippen molar-refractivity contribution >= 4 is 15.5 Å². The maximum Gasteiger partial charge on any atom is 0.180 e. The van der Waals surface area contributed by atoms with Crippen LogP contribution >= 0.6 is 0 Å². The molecule has 2 aromatic rings. The van der Waals surface area contributed by atoms with Gasteiger partial charge >= 0.3 is 0 Å². The number of rotatable bonds is 5. The van der Waals surface area contributed by atoms with E-state index in [0.29, 0.717) is 17.2 Å². The molecule has 23 heavy (non-hydrogen) atoms. The molecule has 3 rings (SSSR count). The van der Waals surface area contributed by atoms with Crippen LogP contribution in [0.25, 0.3) is 0 Å². The summed E-state index contributed by atoms with van der Waals surface area (Å²) < 4.78 is 30.4. The van der Waals surface area contributed by atoms with Gasteiger partial charge in [-0.15, -0.1) is 0 Å². The molecule has 0 amide bonds. The number of nitrogens with one attached hydrogen (secondary N) is 1. The summed E-state index contributed by atoms with van der Waals surface area (Å²) in [6.45, 7) is 2.33. The van der Waals surface area contributed by atoms with Crippen LogP contribution in [-0.4, -0.2) is 26.8 Å². The lowest BCUT2D eigenvalue weighted by molar-refractivity contribution is 0.107. The molecule has 0 aliphatic carbocycles. The van der Waals surface area contributed by atoms with Gasteiger partial charge < -0.3 is 10.1 Å². The van der Waals surface area contributed by atoms with Crippen LogP contribution in [0.1, 0.15) is 25.0 Å². The molecule has 0 aromatic heterocycles. The van der Waals surface area contributed by atoms with Crippen molar-refractivity contribution in [2.45, 2.75) is 30.4 Å². The van der Waals surface area contributed by atoms with Gasteiger partial charge in [0, 0.05) is 6.61 Å². The first-order valence-corrected chi connectivity index (χ1v) is 9.52. The number of sulfone groups is 1. The van der Waals surface area contributed by atoms with Crippen molar-refractivity contribution in [3.05, 3.63) is 60.2 Å². The Balaban J connectivity index is 1.88. The number of para-hydroxylation sites is 1. The predicted molar refractivity (Wildman–Crippen MR) is 91.3 cm³/mol. The van der Waals surface area contributed by atoms with Gasteiger partial charge in [0.25, 0.3) is 0 Å². The molecule has 1 N–H and O–H groups in total. The molecule has 122 valence electrons. The lowest BCUT2D eigenvalue weighted by Gasteiger charge is -2.22. The molecule has 0 unspecified atom stereocenters. The van der Waals surface area contributed by atoms with Crippen molar-refractivity contribution in [3.63, 3.8) is 0 Å². The Morgan fingerprint density at radius 3 is 2.52 bits per heavy atom. The average molecular weight is 331 g/mol. The van der Waals surface area contributed by atoms with Gasteiger partial charge in [-0.05, 0) is 24.1 Å². The molecule has 0 saturated carbocycles. The number of anilines is 1. The minimum atomic E-state index is -3.26. The maximum atomic E-state index is 12.3. The summed E-state index contributed by atoms with van der Waals surface area (Å²) in [5, 5.41) is 3.39. The van der Waals surface area contributed by atoms with Gasteiger partial charge in [0.1, 0.15) is 6.10 Å². The Labute approximate surface area is 137 Å². The Kier molecular flexibility index (Phi) is 4.68. The van der Waals surface area contributed by atoms with Crippen molar-refractivity contribution in [2.75, 3.05) is 17.7 Å². The Hall–Kier alpha value is -1.85. The first-order valence-electron chi connectivity index (χ1n) is 7.86. The summed E-state index contributed by atoms with van der Waals surface area (Å²) >= 11 is 0. The average Bonchev–Trinajstić information content (AvgIpc) is 3.04. The van der Waals surface area contributed by atoms with Gasteiger partial charge in [-0.1, -0.05) is 49.4 Å². The van der Waals surface area contributed by atoms with E-state index in [2.05, 4.69) is 5.32 Å². The second-order valence-electron chi connectivity index (χ2n) is 5.64. The van der Waals surface area contributed by atoms with E-state index in [1.165, 1.54) is 0 Å². The molecular formula is C18H21NO3S. The molecular weight excluding hydrogens is 310 g/mol. The largest absolute Gasteiger partial charge is 0.378 e. The smallest absolute Gasteiger partial charge is 0.180 e. The highest BCUT2D eigenvalue weighted by Crippen LogP contribution is 2.33. The fourth-order valence-electron chi connectivity index (χ4n) is 2.92. The minimum absolute atomic E-state index is 0.0607. The Morgan fingerprint density at radius 1 is 1.09 bits per heavy atom. The first kappa shape index (κ1) is 16.0. The van der Waals surface area contributed by atoms with Crippen LogP contribution in [-0.2, 0) is 14.6 Å². The molecule has 0 bridgehead atoms. The van der Waals surface area contributed by atoms with Gasteiger partial charge in [-0.2, -0.15) is 0 Å². The molecule has 2 atom stereocenters.